The van der Waals surface area contributed by atoms with Gasteiger partial charge in [0, 0.05) is 65.9 Å². The molecular formula is C29H27FN4O3. The second kappa shape index (κ2) is 10.7. The van der Waals surface area contributed by atoms with E-state index in [1.807, 2.05) is 17.0 Å². The highest BCUT2D eigenvalue weighted by atomic mass is 19.1. The van der Waals surface area contributed by atoms with Crippen LogP contribution in [0.15, 0.2) is 73.2 Å². The standard InChI is InChI=1S/C29H27FN4O3/c1-36-22-13-21(14-23(15-22)37-2)29(35)34-12-6-8-20(18-34)27-25(24-9-3-4-10-26(24)30)17-32-28(33-27)19-7-5-11-31-16-19/h3-5,7,9-11,13-17,20H,6,8,12,18H2,1-2H3. The smallest absolute Gasteiger partial charge is 0.254 e. The van der Waals surface area contributed by atoms with E-state index < -0.39 is 0 Å². The number of likely N-dealkylation sites (tertiary alicyclic amines) is 1. The van der Waals surface area contributed by atoms with E-state index in [4.69, 9.17) is 14.5 Å². The third-order valence-electron chi connectivity index (χ3n) is 6.60. The predicted molar refractivity (Wildman–Crippen MR) is 138 cm³/mol. The fraction of sp³-hybridized carbons (Fsp3) is 0.241. The van der Waals surface area contributed by atoms with E-state index in [-0.39, 0.29) is 17.6 Å². The summed E-state index contributed by atoms with van der Waals surface area (Å²) in [5.74, 6) is 1.07. The third kappa shape index (κ3) is 5.14. The highest BCUT2D eigenvalue weighted by Crippen LogP contribution is 2.36. The number of carbonyl (C=O) groups is 1. The number of amides is 1. The Hall–Kier alpha value is -4.33. The van der Waals surface area contributed by atoms with Crippen molar-refractivity contribution in [2.45, 2.75) is 18.8 Å². The molecule has 0 aliphatic carbocycles. The minimum absolute atomic E-state index is 0.0989. The van der Waals surface area contributed by atoms with E-state index in [1.54, 1.807) is 69.2 Å². The Kier molecular flexibility index (Phi) is 7.07. The molecule has 8 heteroatoms. The van der Waals surface area contributed by atoms with Crippen molar-refractivity contribution in [3.8, 4) is 34.0 Å². The molecule has 1 saturated heterocycles. The number of rotatable bonds is 6. The van der Waals surface area contributed by atoms with Crippen LogP contribution in [0.25, 0.3) is 22.5 Å². The molecule has 7 nitrogen and oxygen atoms in total. The van der Waals surface area contributed by atoms with Crippen molar-refractivity contribution in [1.29, 1.82) is 0 Å². The van der Waals surface area contributed by atoms with Gasteiger partial charge in [-0.25, -0.2) is 14.4 Å². The van der Waals surface area contributed by atoms with Gasteiger partial charge in [-0.1, -0.05) is 18.2 Å². The number of ether oxygens (including phenoxy) is 2. The average Bonchev–Trinajstić information content (AvgIpc) is 2.97. The molecule has 0 spiro atoms. The summed E-state index contributed by atoms with van der Waals surface area (Å²) in [6, 6.07) is 15.5. The van der Waals surface area contributed by atoms with E-state index in [9.17, 15) is 9.18 Å². The Morgan fingerprint density at radius 2 is 1.78 bits per heavy atom. The first-order valence-electron chi connectivity index (χ1n) is 12.1. The van der Waals surface area contributed by atoms with Crippen LogP contribution in [0.3, 0.4) is 0 Å². The lowest BCUT2D eigenvalue weighted by molar-refractivity contribution is 0.0705. The quantitative estimate of drug-likeness (QED) is 0.355. The minimum Gasteiger partial charge on any atom is -0.497 e. The van der Waals surface area contributed by atoms with Gasteiger partial charge in [-0.2, -0.15) is 0 Å². The highest BCUT2D eigenvalue weighted by Gasteiger charge is 2.30. The Morgan fingerprint density at radius 3 is 2.49 bits per heavy atom. The van der Waals surface area contributed by atoms with E-state index in [1.165, 1.54) is 6.07 Å². The van der Waals surface area contributed by atoms with Crippen LogP contribution in [0.4, 0.5) is 4.39 Å². The van der Waals surface area contributed by atoms with Gasteiger partial charge in [-0.3, -0.25) is 9.78 Å². The molecule has 1 unspecified atom stereocenters. The highest BCUT2D eigenvalue weighted by molar-refractivity contribution is 5.95. The number of aromatic nitrogens is 3. The third-order valence-corrected chi connectivity index (χ3v) is 6.60. The molecule has 4 aromatic rings. The van der Waals surface area contributed by atoms with Crippen LogP contribution in [0.1, 0.15) is 34.8 Å². The molecule has 0 N–H and O–H groups in total. The fourth-order valence-corrected chi connectivity index (χ4v) is 4.73. The normalized spacial score (nSPS) is 15.3. The zero-order chi connectivity index (χ0) is 25.8. The number of methoxy groups -OCH3 is 2. The predicted octanol–water partition coefficient (Wildman–Crippen LogP) is 5.38. The summed E-state index contributed by atoms with van der Waals surface area (Å²) in [5, 5.41) is 0. The maximum atomic E-state index is 14.9. The second-order valence-corrected chi connectivity index (χ2v) is 8.91. The topological polar surface area (TPSA) is 77.4 Å². The number of nitrogens with zero attached hydrogens (tertiary/aromatic N) is 4. The van der Waals surface area contributed by atoms with Crippen molar-refractivity contribution >= 4 is 5.91 Å². The molecule has 1 aliphatic rings. The number of piperidine rings is 1. The summed E-state index contributed by atoms with van der Waals surface area (Å²) in [7, 11) is 3.11. The maximum Gasteiger partial charge on any atom is 0.254 e. The number of halogens is 1. The number of hydrogen-bond acceptors (Lipinski definition) is 6. The van der Waals surface area contributed by atoms with Gasteiger partial charge >= 0.3 is 0 Å². The molecule has 3 heterocycles. The molecule has 1 fully saturated rings. The SMILES string of the molecule is COc1cc(OC)cc(C(=O)N2CCCC(c3nc(-c4cccnc4)ncc3-c3ccccc3F)C2)c1. The summed E-state index contributed by atoms with van der Waals surface area (Å²) in [6.45, 7) is 1.06. The molecule has 1 atom stereocenters. The van der Waals surface area contributed by atoms with Crippen LogP contribution in [0.2, 0.25) is 0 Å². The molecular weight excluding hydrogens is 471 g/mol. The molecule has 0 radical (unpaired) electrons. The van der Waals surface area contributed by atoms with Crippen molar-refractivity contribution in [2.75, 3.05) is 27.3 Å². The maximum absolute atomic E-state index is 14.9. The lowest BCUT2D eigenvalue weighted by atomic mass is 9.89. The monoisotopic (exact) mass is 498 g/mol. The summed E-state index contributed by atoms with van der Waals surface area (Å²) in [5.41, 5.74) is 3.06. The second-order valence-electron chi connectivity index (χ2n) is 8.91. The Balaban J connectivity index is 1.52. The Bertz CT molecular complexity index is 1390. The zero-order valence-corrected chi connectivity index (χ0v) is 20.7. The number of hydrogen-bond donors (Lipinski definition) is 0. The van der Waals surface area contributed by atoms with Crippen LogP contribution >= 0.6 is 0 Å². The molecule has 1 aliphatic heterocycles. The lowest BCUT2D eigenvalue weighted by Gasteiger charge is -2.33. The average molecular weight is 499 g/mol. The molecule has 0 bridgehead atoms. The van der Waals surface area contributed by atoms with Gasteiger partial charge in [0.05, 0.1) is 19.9 Å². The molecule has 37 heavy (non-hydrogen) atoms. The van der Waals surface area contributed by atoms with E-state index in [0.29, 0.717) is 47.1 Å². The van der Waals surface area contributed by atoms with Crippen molar-refractivity contribution < 1.29 is 18.7 Å². The van der Waals surface area contributed by atoms with Crippen LogP contribution < -0.4 is 9.47 Å². The lowest BCUT2D eigenvalue weighted by Crippen LogP contribution is -2.39. The first kappa shape index (κ1) is 24.4. The van der Waals surface area contributed by atoms with Gasteiger partial charge in [0.2, 0.25) is 0 Å². The summed E-state index contributed by atoms with van der Waals surface area (Å²) < 4.78 is 25.6. The van der Waals surface area contributed by atoms with E-state index in [2.05, 4.69) is 9.97 Å². The fourth-order valence-electron chi connectivity index (χ4n) is 4.73. The number of pyridine rings is 1. The van der Waals surface area contributed by atoms with Gasteiger partial charge < -0.3 is 14.4 Å². The molecule has 188 valence electrons. The first-order valence-corrected chi connectivity index (χ1v) is 12.1. The van der Waals surface area contributed by atoms with Crippen LogP contribution in [0, 0.1) is 5.82 Å². The Labute approximate surface area is 214 Å². The molecule has 5 rings (SSSR count). The van der Waals surface area contributed by atoms with E-state index in [0.717, 1.165) is 24.1 Å². The van der Waals surface area contributed by atoms with Crippen LogP contribution in [-0.4, -0.2) is 53.1 Å². The van der Waals surface area contributed by atoms with E-state index >= 15 is 0 Å². The van der Waals surface area contributed by atoms with Crippen LogP contribution in [0.5, 0.6) is 11.5 Å². The van der Waals surface area contributed by atoms with Gasteiger partial charge in [0.15, 0.2) is 5.82 Å². The zero-order valence-electron chi connectivity index (χ0n) is 20.7. The van der Waals surface area contributed by atoms with Gasteiger partial charge in [0.25, 0.3) is 5.91 Å². The molecule has 2 aromatic heterocycles. The van der Waals surface area contributed by atoms with Crippen molar-refractivity contribution in [1.82, 2.24) is 19.9 Å². The van der Waals surface area contributed by atoms with Crippen LogP contribution in [-0.2, 0) is 0 Å². The number of benzene rings is 2. The summed E-state index contributed by atoms with van der Waals surface area (Å²) in [6.07, 6.45) is 6.68. The van der Waals surface area contributed by atoms with Crippen molar-refractivity contribution in [3.63, 3.8) is 0 Å². The van der Waals surface area contributed by atoms with Crippen molar-refractivity contribution in [2.24, 2.45) is 0 Å². The molecule has 2 aromatic carbocycles. The van der Waals surface area contributed by atoms with Gasteiger partial charge in [0.1, 0.15) is 17.3 Å². The Morgan fingerprint density at radius 1 is 1.00 bits per heavy atom. The first-order chi connectivity index (χ1) is 18.1. The largest absolute Gasteiger partial charge is 0.497 e. The number of carbonyl (C=O) groups excluding carboxylic acids is 1. The summed E-state index contributed by atoms with van der Waals surface area (Å²) in [4.78, 5) is 29.0. The molecule has 0 saturated carbocycles. The van der Waals surface area contributed by atoms with Crippen molar-refractivity contribution in [3.05, 3.63) is 90.3 Å². The van der Waals surface area contributed by atoms with Gasteiger partial charge in [-0.05, 0) is 43.2 Å². The minimum atomic E-state index is -0.339. The summed E-state index contributed by atoms with van der Waals surface area (Å²) >= 11 is 0. The van der Waals surface area contributed by atoms with Gasteiger partial charge in [-0.15, -0.1) is 0 Å². The molecule has 1 amide bonds.